The Hall–Kier alpha value is -2.95. The maximum absolute atomic E-state index is 13.2. The fourth-order valence-corrected chi connectivity index (χ4v) is 5.56. The molecule has 168 valence electrons. The minimum atomic E-state index is 0.175. The first-order valence-electron chi connectivity index (χ1n) is 11.8. The Morgan fingerprint density at radius 2 is 1.75 bits per heavy atom. The lowest BCUT2D eigenvalue weighted by Gasteiger charge is -2.38. The van der Waals surface area contributed by atoms with Crippen LogP contribution in [0, 0.1) is 5.92 Å². The molecule has 2 aromatic rings. The highest BCUT2D eigenvalue weighted by Crippen LogP contribution is 2.50. The van der Waals surface area contributed by atoms with Crippen LogP contribution in [0.25, 0.3) is 0 Å². The van der Waals surface area contributed by atoms with E-state index < -0.39 is 0 Å². The molecule has 1 amide bonds. The lowest BCUT2D eigenvalue weighted by Crippen LogP contribution is -2.33. The van der Waals surface area contributed by atoms with Crippen LogP contribution in [0.15, 0.2) is 48.6 Å². The van der Waals surface area contributed by atoms with Gasteiger partial charge in [0.2, 0.25) is 0 Å². The maximum atomic E-state index is 13.2. The van der Waals surface area contributed by atoms with Crippen molar-refractivity contribution in [1.82, 2.24) is 4.90 Å². The number of benzene rings is 2. The number of hydrogen-bond donors (Lipinski definition) is 1. The fraction of sp³-hybridized carbons (Fsp3) is 0.444. The third-order valence-electron chi connectivity index (χ3n) is 7.27. The van der Waals surface area contributed by atoms with Crippen LogP contribution in [0.4, 0.5) is 5.69 Å². The average Bonchev–Trinajstić information content (AvgIpc) is 3.18. The molecule has 5 heteroatoms. The van der Waals surface area contributed by atoms with Crippen molar-refractivity contribution in [2.24, 2.45) is 5.92 Å². The summed E-state index contributed by atoms with van der Waals surface area (Å²) in [5, 5.41) is 3.77. The van der Waals surface area contributed by atoms with E-state index in [4.69, 9.17) is 9.47 Å². The fourth-order valence-electron chi connectivity index (χ4n) is 5.56. The smallest absolute Gasteiger partial charge is 0.253 e. The number of anilines is 1. The van der Waals surface area contributed by atoms with Gasteiger partial charge in [0.25, 0.3) is 5.91 Å². The first kappa shape index (κ1) is 20.9. The molecule has 0 spiro atoms. The number of carbonyl (C=O) groups excluding carboxylic acids is 1. The molecule has 2 aromatic carbocycles. The number of nitrogens with one attached hydrogen (secondary N) is 1. The summed E-state index contributed by atoms with van der Waals surface area (Å²) in [5.41, 5.74) is 4.36. The molecule has 2 heterocycles. The lowest BCUT2D eigenvalue weighted by molar-refractivity contribution is 0.0761. The van der Waals surface area contributed by atoms with Crippen LogP contribution >= 0.6 is 0 Å². The summed E-state index contributed by atoms with van der Waals surface area (Å²) in [7, 11) is 3.34. The number of rotatable bonds is 4. The van der Waals surface area contributed by atoms with E-state index in [1.165, 1.54) is 24.0 Å². The van der Waals surface area contributed by atoms with Gasteiger partial charge >= 0.3 is 0 Å². The van der Waals surface area contributed by atoms with Gasteiger partial charge in [-0.05, 0) is 66.6 Å². The SMILES string of the molecule is COc1ccc(C2Nc3ccc(C(=O)N4CCCCCC4)cc3C3C=CCC32)cc1OC. The van der Waals surface area contributed by atoms with E-state index in [0.717, 1.165) is 55.1 Å². The van der Waals surface area contributed by atoms with Gasteiger partial charge in [-0.2, -0.15) is 0 Å². The predicted octanol–water partition coefficient (Wildman–Crippen LogP) is 5.55. The normalized spacial score (nSPS) is 24.2. The maximum Gasteiger partial charge on any atom is 0.253 e. The van der Waals surface area contributed by atoms with E-state index in [9.17, 15) is 4.79 Å². The van der Waals surface area contributed by atoms with Crippen molar-refractivity contribution < 1.29 is 14.3 Å². The molecule has 3 atom stereocenters. The van der Waals surface area contributed by atoms with Crippen LogP contribution in [0.3, 0.4) is 0 Å². The summed E-state index contributed by atoms with van der Waals surface area (Å²) >= 11 is 0. The Morgan fingerprint density at radius 3 is 2.50 bits per heavy atom. The number of allylic oxidation sites excluding steroid dienone is 2. The summed E-state index contributed by atoms with van der Waals surface area (Å²) in [6.45, 7) is 1.75. The predicted molar refractivity (Wildman–Crippen MR) is 127 cm³/mol. The van der Waals surface area contributed by atoms with E-state index in [-0.39, 0.29) is 11.9 Å². The van der Waals surface area contributed by atoms with Crippen LogP contribution in [0.1, 0.15) is 65.5 Å². The van der Waals surface area contributed by atoms with Crippen molar-refractivity contribution >= 4 is 11.6 Å². The first-order valence-corrected chi connectivity index (χ1v) is 11.8. The topological polar surface area (TPSA) is 50.8 Å². The Kier molecular flexibility index (Phi) is 5.81. The second-order valence-corrected chi connectivity index (χ2v) is 9.10. The number of amides is 1. The highest BCUT2D eigenvalue weighted by atomic mass is 16.5. The van der Waals surface area contributed by atoms with Crippen molar-refractivity contribution in [1.29, 1.82) is 0 Å². The lowest BCUT2D eigenvalue weighted by atomic mass is 9.76. The molecule has 32 heavy (non-hydrogen) atoms. The standard InChI is InChI=1S/C27H32N2O3/c1-31-24-13-11-18(17-25(24)32-2)26-21-9-7-8-20(21)22-16-19(10-12-23(22)28-26)27(30)29-14-5-3-4-6-15-29/h7-8,10-13,16-17,20-21,26,28H,3-6,9,14-15H2,1-2H3. The minimum Gasteiger partial charge on any atom is -0.493 e. The largest absolute Gasteiger partial charge is 0.493 e. The Labute approximate surface area is 190 Å². The molecule has 0 saturated carbocycles. The summed E-state index contributed by atoms with van der Waals surface area (Å²) in [4.78, 5) is 15.3. The summed E-state index contributed by atoms with van der Waals surface area (Å²) in [6, 6.07) is 12.6. The van der Waals surface area contributed by atoms with E-state index >= 15 is 0 Å². The van der Waals surface area contributed by atoms with Gasteiger partial charge in [-0.15, -0.1) is 0 Å². The molecule has 0 aromatic heterocycles. The van der Waals surface area contributed by atoms with Crippen LogP contribution in [0.2, 0.25) is 0 Å². The van der Waals surface area contributed by atoms with Gasteiger partial charge in [0.1, 0.15) is 0 Å². The molecular weight excluding hydrogens is 400 g/mol. The van der Waals surface area contributed by atoms with Crippen LogP contribution < -0.4 is 14.8 Å². The number of nitrogens with zero attached hydrogens (tertiary/aromatic N) is 1. The Morgan fingerprint density at radius 1 is 0.969 bits per heavy atom. The van der Waals surface area contributed by atoms with Gasteiger partial charge in [0.15, 0.2) is 11.5 Å². The van der Waals surface area contributed by atoms with Crippen LogP contribution in [-0.2, 0) is 0 Å². The zero-order chi connectivity index (χ0) is 22.1. The molecule has 5 rings (SSSR count). The van der Waals surface area contributed by atoms with Gasteiger partial charge in [-0.3, -0.25) is 4.79 Å². The molecule has 1 N–H and O–H groups in total. The Balaban J connectivity index is 1.45. The van der Waals surface area contributed by atoms with Crippen molar-refractivity contribution in [2.75, 3.05) is 32.6 Å². The van der Waals surface area contributed by atoms with Gasteiger partial charge in [-0.25, -0.2) is 0 Å². The molecule has 3 aliphatic rings. The monoisotopic (exact) mass is 432 g/mol. The minimum absolute atomic E-state index is 0.175. The first-order chi connectivity index (χ1) is 15.7. The molecule has 1 aliphatic carbocycles. The summed E-state index contributed by atoms with van der Waals surface area (Å²) in [6.07, 6.45) is 10.3. The van der Waals surface area contributed by atoms with E-state index in [0.29, 0.717) is 11.8 Å². The summed E-state index contributed by atoms with van der Waals surface area (Å²) in [5.74, 6) is 2.38. The van der Waals surface area contributed by atoms with Gasteiger partial charge in [-0.1, -0.05) is 31.1 Å². The number of likely N-dealkylation sites (tertiary alicyclic amines) is 1. The third-order valence-corrected chi connectivity index (χ3v) is 7.27. The van der Waals surface area contributed by atoms with E-state index in [2.05, 4.69) is 41.7 Å². The molecule has 0 radical (unpaired) electrons. The molecule has 1 fully saturated rings. The van der Waals surface area contributed by atoms with Crippen molar-refractivity contribution in [3.05, 3.63) is 65.2 Å². The molecule has 3 unspecified atom stereocenters. The second-order valence-electron chi connectivity index (χ2n) is 9.10. The molecule has 5 nitrogen and oxygen atoms in total. The van der Waals surface area contributed by atoms with Crippen molar-refractivity contribution in [3.63, 3.8) is 0 Å². The molecular formula is C27H32N2O3. The zero-order valence-corrected chi connectivity index (χ0v) is 19.0. The highest BCUT2D eigenvalue weighted by Gasteiger charge is 2.38. The van der Waals surface area contributed by atoms with Gasteiger partial charge < -0.3 is 19.7 Å². The van der Waals surface area contributed by atoms with Gasteiger partial charge in [0, 0.05) is 30.3 Å². The zero-order valence-electron chi connectivity index (χ0n) is 19.0. The molecule has 2 aliphatic heterocycles. The van der Waals surface area contributed by atoms with Crippen LogP contribution in [0.5, 0.6) is 11.5 Å². The Bertz CT molecular complexity index is 1020. The number of methoxy groups -OCH3 is 2. The number of hydrogen-bond acceptors (Lipinski definition) is 4. The summed E-state index contributed by atoms with van der Waals surface area (Å²) < 4.78 is 11.0. The average molecular weight is 433 g/mol. The molecule has 1 saturated heterocycles. The van der Waals surface area contributed by atoms with E-state index in [1.54, 1.807) is 14.2 Å². The van der Waals surface area contributed by atoms with Gasteiger partial charge in [0.05, 0.1) is 20.3 Å². The van der Waals surface area contributed by atoms with Crippen LogP contribution in [-0.4, -0.2) is 38.1 Å². The van der Waals surface area contributed by atoms with Crippen molar-refractivity contribution in [3.8, 4) is 11.5 Å². The van der Waals surface area contributed by atoms with Crippen molar-refractivity contribution in [2.45, 2.75) is 44.1 Å². The molecule has 0 bridgehead atoms. The number of ether oxygens (including phenoxy) is 2. The number of fused-ring (bicyclic) bond motifs is 3. The highest BCUT2D eigenvalue weighted by molar-refractivity contribution is 5.95. The van der Waals surface area contributed by atoms with E-state index in [1.807, 2.05) is 17.0 Å². The number of carbonyl (C=O) groups is 1. The second kappa shape index (κ2) is 8.89. The third kappa shape index (κ3) is 3.74. The quantitative estimate of drug-likeness (QED) is 0.644.